The highest BCUT2D eigenvalue weighted by Crippen LogP contribution is 2.38. The summed E-state index contributed by atoms with van der Waals surface area (Å²) in [6, 6.07) is 2.08. The monoisotopic (exact) mass is 572 g/mol. The highest BCUT2D eigenvalue weighted by Gasteiger charge is 2.38. The second-order valence-electron chi connectivity index (χ2n) is 7.67. The van der Waals surface area contributed by atoms with Gasteiger partial charge < -0.3 is 20.1 Å². The van der Waals surface area contributed by atoms with Crippen molar-refractivity contribution in [1.82, 2.24) is 0 Å². The molecule has 2 N–H and O–H groups in total. The van der Waals surface area contributed by atoms with Crippen molar-refractivity contribution in [2.75, 3.05) is 50.2 Å². The molecule has 0 saturated carbocycles. The van der Waals surface area contributed by atoms with Crippen LogP contribution in [0.1, 0.15) is 22.3 Å². The predicted octanol–water partition coefficient (Wildman–Crippen LogP) is 7.32. The quantitative estimate of drug-likeness (QED) is 0.219. The van der Waals surface area contributed by atoms with Crippen LogP contribution >= 0.6 is 0 Å². The smallest absolute Gasteiger partial charge is 0.383 e. The molecule has 214 valence electrons. The number of ether oxygens (including phenoxy) is 2. The van der Waals surface area contributed by atoms with Crippen molar-refractivity contribution in [2.45, 2.75) is 24.7 Å². The molecule has 0 spiro atoms. The Morgan fingerprint density at radius 3 is 0.921 bits per heavy atom. The maximum absolute atomic E-state index is 12.8. The lowest BCUT2D eigenvalue weighted by atomic mass is 10.1. The van der Waals surface area contributed by atoms with Gasteiger partial charge in [0, 0.05) is 24.5 Å². The van der Waals surface area contributed by atoms with Crippen molar-refractivity contribution in [2.24, 2.45) is 0 Å². The van der Waals surface area contributed by atoms with E-state index in [0.717, 1.165) is 0 Å². The highest BCUT2D eigenvalue weighted by molar-refractivity contribution is 5.51. The van der Waals surface area contributed by atoms with Crippen LogP contribution in [0.5, 0.6) is 0 Å². The second kappa shape index (κ2) is 12.3. The van der Waals surface area contributed by atoms with Crippen LogP contribution in [0.15, 0.2) is 36.4 Å². The second-order valence-corrected chi connectivity index (χ2v) is 7.67. The first-order chi connectivity index (χ1) is 17.4. The van der Waals surface area contributed by atoms with Crippen LogP contribution in [0.25, 0.3) is 0 Å². The van der Waals surface area contributed by atoms with E-state index < -0.39 is 58.3 Å². The number of benzene rings is 2. The molecule has 0 heterocycles. The van der Waals surface area contributed by atoms with Crippen LogP contribution in [0.2, 0.25) is 0 Å². The van der Waals surface area contributed by atoms with Crippen molar-refractivity contribution < 1.29 is 62.2 Å². The molecular formula is C22H20F12N2O2. The molecule has 0 aliphatic carbocycles. The summed E-state index contributed by atoms with van der Waals surface area (Å²) in [7, 11) is 0. The summed E-state index contributed by atoms with van der Waals surface area (Å²) in [5.41, 5.74) is -6.73. The Kier molecular flexibility index (Phi) is 10.2. The Balaban J connectivity index is 1.73. The summed E-state index contributed by atoms with van der Waals surface area (Å²) in [6.45, 7) is -0.637. The van der Waals surface area contributed by atoms with Gasteiger partial charge in [-0.2, -0.15) is 52.7 Å². The van der Waals surface area contributed by atoms with Crippen molar-refractivity contribution in [3.8, 4) is 0 Å². The topological polar surface area (TPSA) is 42.5 Å². The van der Waals surface area contributed by atoms with Crippen LogP contribution < -0.4 is 10.6 Å². The predicted molar refractivity (Wildman–Crippen MR) is 112 cm³/mol. The van der Waals surface area contributed by atoms with Gasteiger partial charge in [-0.15, -0.1) is 0 Å². The molecule has 0 unspecified atom stereocenters. The van der Waals surface area contributed by atoms with Crippen LogP contribution in [-0.2, 0) is 34.2 Å². The molecule has 0 aliphatic heterocycles. The fourth-order valence-electron chi connectivity index (χ4n) is 2.97. The van der Waals surface area contributed by atoms with Gasteiger partial charge in [-0.3, -0.25) is 0 Å². The normalized spacial score (nSPS) is 13.1. The number of hydrogen-bond donors (Lipinski definition) is 2. The minimum absolute atomic E-state index is 0.00383. The third-order valence-electron chi connectivity index (χ3n) is 4.70. The fourth-order valence-corrected chi connectivity index (χ4v) is 2.97. The van der Waals surface area contributed by atoms with E-state index in [1.54, 1.807) is 0 Å². The Morgan fingerprint density at radius 2 is 0.684 bits per heavy atom. The van der Waals surface area contributed by atoms with E-state index in [2.05, 4.69) is 10.6 Å². The fraction of sp³-hybridized carbons (Fsp3) is 0.455. The number of anilines is 2. The van der Waals surface area contributed by atoms with Crippen LogP contribution in [0.3, 0.4) is 0 Å². The van der Waals surface area contributed by atoms with Crippen LogP contribution in [0, 0.1) is 0 Å². The molecule has 0 aliphatic rings. The Labute approximate surface area is 207 Å². The molecule has 4 nitrogen and oxygen atoms in total. The molecule has 0 bridgehead atoms. The minimum Gasteiger partial charge on any atom is -0.383 e. The number of rotatable bonds is 11. The van der Waals surface area contributed by atoms with Gasteiger partial charge in [0.25, 0.3) is 0 Å². The largest absolute Gasteiger partial charge is 0.416 e. The number of halogens is 12. The molecule has 0 fully saturated rings. The molecule has 0 aromatic heterocycles. The lowest BCUT2D eigenvalue weighted by Crippen LogP contribution is -2.17. The van der Waals surface area contributed by atoms with E-state index in [0.29, 0.717) is 24.3 Å². The standard InChI is InChI=1S/C22H20F12N2O2/c23-19(24,25)13-7-14(20(26,27)28)10-17(9-13)35-1-3-37-5-6-38-4-2-36-18-11-15(21(29,30)31)8-16(12-18)22(32,33)34/h7-12,35-36H,1-6H2. The van der Waals surface area contributed by atoms with Gasteiger partial charge >= 0.3 is 24.7 Å². The third-order valence-corrected chi connectivity index (χ3v) is 4.70. The van der Waals surface area contributed by atoms with Crippen LogP contribution in [-0.4, -0.2) is 39.5 Å². The number of alkyl halides is 12. The maximum Gasteiger partial charge on any atom is 0.416 e. The molecule has 2 aromatic rings. The molecule has 2 aromatic carbocycles. The van der Waals surface area contributed by atoms with E-state index in [4.69, 9.17) is 9.47 Å². The van der Waals surface area contributed by atoms with Gasteiger partial charge in [0.15, 0.2) is 0 Å². The van der Waals surface area contributed by atoms with E-state index in [9.17, 15) is 52.7 Å². The summed E-state index contributed by atoms with van der Waals surface area (Å²) in [6.07, 6.45) is -19.9. The van der Waals surface area contributed by atoms with Gasteiger partial charge in [-0.1, -0.05) is 0 Å². The third kappa shape index (κ3) is 10.1. The van der Waals surface area contributed by atoms with E-state index in [1.807, 2.05) is 0 Å². The van der Waals surface area contributed by atoms with Crippen molar-refractivity contribution in [1.29, 1.82) is 0 Å². The summed E-state index contributed by atoms with van der Waals surface area (Å²) < 4.78 is 164. The van der Waals surface area contributed by atoms with Gasteiger partial charge in [0.05, 0.1) is 48.7 Å². The summed E-state index contributed by atoms with van der Waals surface area (Å²) >= 11 is 0. The molecule has 0 atom stereocenters. The van der Waals surface area contributed by atoms with Gasteiger partial charge in [-0.25, -0.2) is 0 Å². The van der Waals surface area contributed by atoms with Gasteiger partial charge in [-0.05, 0) is 36.4 Å². The SMILES string of the molecule is FC(F)(F)c1cc(NCCOCCOCCNc2cc(C(F)(F)F)cc(C(F)(F)F)c2)cc(C(F)(F)F)c1. The van der Waals surface area contributed by atoms with Crippen molar-refractivity contribution >= 4 is 11.4 Å². The summed E-state index contributed by atoms with van der Waals surface area (Å²) in [5, 5.41) is 4.79. The van der Waals surface area contributed by atoms with Gasteiger partial charge in [0.1, 0.15) is 0 Å². The Morgan fingerprint density at radius 1 is 0.421 bits per heavy atom. The lowest BCUT2D eigenvalue weighted by Gasteiger charge is -2.15. The van der Waals surface area contributed by atoms with Gasteiger partial charge in [0.2, 0.25) is 0 Å². The number of hydrogen-bond acceptors (Lipinski definition) is 4. The molecule has 2 rings (SSSR count). The zero-order chi connectivity index (χ0) is 28.8. The molecular weight excluding hydrogens is 552 g/mol. The molecule has 16 heteroatoms. The minimum atomic E-state index is -4.98. The number of nitrogens with one attached hydrogen (secondary N) is 2. The highest BCUT2D eigenvalue weighted by atomic mass is 19.4. The lowest BCUT2D eigenvalue weighted by molar-refractivity contribution is -0.144. The zero-order valence-electron chi connectivity index (χ0n) is 19.1. The molecule has 0 amide bonds. The van der Waals surface area contributed by atoms with E-state index >= 15 is 0 Å². The first-order valence-corrected chi connectivity index (χ1v) is 10.6. The van der Waals surface area contributed by atoms with E-state index in [-0.39, 0.29) is 51.6 Å². The molecule has 0 radical (unpaired) electrons. The zero-order valence-corrected chi connectivity index (χ0v) is 19.1. The summed E-state index contributed by atoms with van der Waals surface area (Å²) in [4.78, 5) is 0. The Hall–Kier alpha value is -2.88. The van der Waals surface area contributed by atoms with Crippen molar-refractivity contribution in [3.63, 3.8) is 0 Å². The molecule has 38 heavy (non-hydrogen) atoms. The van der Waals surface area contributed by atoms with Crippen LogP contribution in [0.4, 0.5) is 64.1 Å². The first-order valence-electron chi connectivity index (χ1n) is 10.6. The van der Waals surface area contributed by atoms with Crippen molar-refractivity contribution in [3.05, 3.63) is 58.7 Å². The average molecular weight is 572 g/mol. The molecule has 0 saturated heterocycles. The Bertz CT molecular complexity index is 899. The van der Waals surface area contributed by atoms with E-state index in [1.165, 1.54) is 0 Å². The average Bonchev–Trinajstić information content (AvgIpc) is 2.77. The summed E-state index contributed by atoms with van der Waals surface area (Å²) in [5.74, 6) is 0. The maximum atomic E-state index is 12.8. The first kappa shape index (κ1) is 31.3.